The van der Waals surface area contributed by atoms with Gasteiger partial charge in [0, 0.05) is 18.4 Å². The van der Waals surface area contributed by atoms with Crippen molar-refractivity contribution in [1.82, 2.24) is 5.06 Å². The summed E-state index contributed by atoms with van der Waals surface area (Å²) < 4.78 is 5.00. The summed E-state index contributed by atoms with van der Waals surface area (Å²) in [6.45, 7) is 9.39. The molecule has 4 heteroatoms. The van der Waals surface area contributed by atoms with Crippen LogP contribution in [-0.2, 0) is 14.7 Å². The smallest absolute Gasteiger partial charge is 0.302 e. The first-order chi connectivity index (χ1) is 6.68. The molecule has 0 aliphatic carbocycles. The van der Waals surface area contributed by atoms with Crippen molar-refractivity contribution < 1.29 is 14.7 Å². The van der Waals surface area contributed by atoms with Gasteiger partial charge in [-0.1, -0.05) is 0 Å². The van der Waals surface area contributed by atoms with Gasteiger partial charge in [-0.05, 0) is 34.1 Å². The molecule has 1 heterocycles. The molecule has 1 atom stereocenters. The number of nitrogens with zero attached hydrogens (tertiary/aromatic N) is 1. The molecule has 0 amide bonds. The highest BCUT2D eigenvalue weighted by Gasteiger charge is 2.52. The zero-order chi connectivity index (χ0) is 11.9. The number of hydroxylamine groups is 2. The summed E-state index contributed by atoms with van der Waals surface area (Å²) in [5.74, 6) is -0.179. The average Bonchev–Trinajstić information content (AvgIpc) is 2.23. The van der Waals surface area contributed by atoms with Crippen LogP contribution in [0, 0.1) is 5.92 Å². The summed E-state index contributed by atoms with van der Waals surface area (Å²) in [6.07, 6.45) is 0.761. The van der Waals surface area contributed by atoms with E-state index >= 15 is 0 Å². The largest absolute Gasteiger partial charge is 0.466 e. The van der Waals surface area contributed by atoms with Crippen molar-refractivity contribution in [2.75, 3.05) is 6.61 Å². The molecule has 1 aliphatic rings. The highest BCUT2D eigenvalue weighted by atomic mass is 16.5. The Kier molecular flexibility index (Phi) is 3.12. The third-order valence-electron chi connectivity index (χ3n) is 3.31. The van der Waals surface area contributed by atoms with Gasteiger partial charge in [0.25, 0.3) is 0 Å². The molecule has 15 heavy (non-hydrogen) atoms. The molecule has 0 spiro atoms. The molecule has 4 nitrogen and oxygen atoms in total. The molecule has 0 aromatic heterocycles. The van der Waals surface area contributed by atoms with E-state index in [1.54, 1.807) is 0 Å². The van der Waals surface area contributed by atoms with Crippen molar-refractivity contribution in [3.05, 3.63) is 0 Å². The second kappa shape index (κ2) is 3.76. The fraction of sp³-hybridized carbons (Fsp3) is 0.909. The van der Waals surface area contributed by atoms with E-state index < -0.39 is 5.54 Å². The van der Waals surface area contributed by atoms with Crippen LogP contribution in [0.4, 0.5) is 0 Å². The minimum atomic E-state index is -0.459. The van der Waals surface area contributed by atoms with E-state index in [1.807, 2.05) is 27.7 Å². The van der Waals surface area contributed by atoms with Crippen molar-refractivity contribution in [3.8, 4) is 0 Å². The third-order valence-corrected chi connectivity index (χ3v) is 3.31. The zero-order valence-electron chi connectivity index (χ0n) is 10.2. The van der Waals surface area contributed by atoms with Crippen molar-refractivity contribution in [2.45, 2.75) is 52.1 Å². The zero-order valence-corrected chi connectivity index (χ0v) is 10.2. The second-order valence-electron chi connectivity index (χ2n) is 5.46. The lowest BCUT2D eigenvalue weighted by atomic mass is 9.88. The van der Waals surface area contributed by atoms with Crippen LogP contribution in [0.25, 0.3) is 0 Å². The second-order valence-corrected chi connectivity index (χ2v) is 5.46. The molecule has 87 valence electrons. The molecular weight excluding hydrogens is 194 g/mol. The Balaban J connectivity index is 2.71. The molecule has 0 bridgehead atoms. The normalized spacial score (nSPS) is 29.1. The van der Waals surface area contributed by atoms with Crippen LogP contribution in [0.1, 0.15) is 41.0 Å². The number of hydrogen-bond acceptors (Lipinski definition) is 3. The highest BCUT2D eigenvalue weighted by molar-refractivity contribution is 5.65. The fourth-order valence-corrected chi connectivity index (χ4v) is 2.36. The molecule has 1 fully saturated rings. The lowest BCUT2D eigenvalue weighted by molar-refractivity contribution is -0.249. The van der Waals surface area contributed by atoms with Gasteiger partial charge in [-0.15, -0.1) is 10.3 Å². The predicted octanol–water partition coefficient (Wildman–Crippen LogP) is 1.77. The van der Waals surface area contributed by atoms with Crippen LogP contribution >= 0.6 is 0 Å². The van der Waals surface area contributed by atoms with Crippen LogP contribution in [0.5, 0.6) is 0 Å². The first-order valence-electron chi connectivity index (χ1n) is 5.29. The summed E-state index contributed by atoms with van der Waals surface area (Å²) in [6, 6.07) is 0. The molecule has 1 radical (unpaired) electrons. The Labute approximate surface area is 91.2 Å². The van der Waals surface area contributed by atoms with Crippen molar-refractivity contribution >= 4 is 5.97 Å². The topological polar surface area (TPSA) is 49.4 Å². The minimum Gasteiger partial charge on any atom is -0.466 e. The lowest BCUT2D eigenvalue weighted by Gasteiger charge is -2.33. The van der Waals surface area contributed by atoms with Crippen molar-refractivity contribution in [2.24, 2.45) is 5.92 Å². The maximum absolute atomic E-state index is 12.0. The molecule has 1 rings (SSSR count). The quantitative estimate of drug-likeness (QED) is 0.658. The SMILES string of the molecule is CC(=O)OC[C@H]1CC(C)(C)N([O])C1(C)C. The first kappa shape index (κ1) is 12.5. The number of carbonyl (C=O) groups is 1. The number of hydrogen-bond donors (Lipinski definition) is 0. The van der Waals surface area contributed by atoms with E-state index in [0.29, 0.717) is 6.61 Å². The molecular formula is C11H20NO3. The number of carbonyl (C=O) groups excluding carboxylic acids is 1. The monoisotopic (exact) mass is 214 g/mol. The van der Waals surface area contributed by atoms with Gasteiger partial charge in [-0.25, -0.2) is 0 Å². The Bertz CT molecular complexity index is 261. The number of ether oxygens (including phenoxy) is 1. The summed E-state index contributed by atoms with van der Waals surface area (Å²) >= 11 is 0. The fourth-order valence-electron chi connectivity index (χ4n) is 2.36. The van der Waals surface area contributed by atoms with Crippen molar-refractivity contribution in [3.63, 3.8) is 0 Å². The lowest BCUT2D eigenvalue weighted by Crippen LogP contribution is -2.46. The van der Waals surface area contributed by atoms with Gasteiger partial charge in [0.05, 0.1) is 12.1 Å². The average molecular weight is 214 g/mol. The van der Waals surface area contributed by atoms with Gasteiger partial charge >= 0.3 is 5.97 Å². The molecule has 1 aliphatic heterocycles. The standard InChI is InChI=1S/C11H20NO3/c1-8(13)15-7-9-6-10(2,3)12(14)11(9,4)5/h9H,6-7H2,1-5H3/t9-/m1/s1. The number of esters is 1. The minimum absolute atomic E-state index is 0.105. The molecule has 0 saturated carbocycles. The van der Waals surface area contributed by atoms with E-state index in [-0.39, 0.29) is 17.4 Å². The van der Waals surface area contributed by atoms with E-state index in [2.05, 4.69) is 0 Å². The van der Waals surface area contributed by atoms with Gasteiger partial charge in [-0.3, -0.25) is 4.79 Å². The Hall–Kier alpha value is -0.610. The van der Waals surface area contributed by atoms with Gasteiger partial charge in [0.2, 0.25) is 0 Å². The van der Waals surface area contributed by atoms with Gasteiger partial charge in [0.15, 0.2) is 0 Å². The summed E-state index contributed by atoms with van der Waals surface area (Å²) in [4.78, 5) is 10.7. The summed E-state index contributed by atoms with van der Waals surface area (Å²) in [5.41, 5.74) is -0.826. The van der Waals surface area contributed by atoms with Crippen LogP contribution in [0.3, 0.4) is 0 Å². The Morgan fingerprint density at radius 1 is 1.40 bits per heavy atom. The molecule has 1 saturated heterocycles. The van der Waals surface area contributed by atoms with Crippen LogP contribution in [-0.4, -0.2) is 28.7 Å². The molecule has 0 aromatic carbocycles. The van der Waals surface area contributed by atoms with Crippen LogP contribution < -0.4 is 0 Å². The summed E-state index contributed by atoms with van der Waals surface area (Å²) in [5, 5.41) is 13.1. The van der Waals surface area contributed by atoms with E-state index in [9.17, 15) is 10.0 Å². The number of rotatable bonds is 2. The predicted molar refractivity (Wildman–Crippen MR) is 55.4 cm³/mol. The maximum atomic E-state index is 12.0. The Morgan fingerprint density at radius 2 is 1.93 bits per heavy atom. The summed E-state index contributed by atoms with van der Waals surface area (Å²) in [7, 11) is 0. The van der Waals surface area contributed by atoms with E-state index in [1.165, 1.54) is 6.92 Å². The highest BCUT2D eigenvalue weighted by Crippen LogP contribution is 2.43. The van der Waals surface area contributed by atoms with Crippen LogP contribution in [0.15, 0.2) is 0 Å². The molecule has 0 aromatic rings. The third kappa shape index (κ3) is 2.32. The Morgan fingerprint density at radius 3 is 2.27 bits per heavy atom. The van der Waals surface area contributed by atoms with Crippen molar-refractivity contribution in [1.29, 1.82) is 0 Å². The van der Waals surface area contributed by atoms with Gasteiger partial charge in [0.1, 0.15) is 0 Å². The van der Waals surface area contributed by atoms with Crippen LogP contribution in [0.2, 0.25) is 0 Å². The maximum Gasteiger partial charge on any atom is 0.302 e. The molecule has 0 N–H and O–H groups in total. The molecule has 0 unspecified atom stereocenters. The van der Waals surface area contributed by atoms with Gasteiger partial charge in [-0.2, -0.15) is 0 Å². The van der Waals surface area contributed by atoms with E-state index in [0.717, 1.165) is 11.5 Å². The van der Waals surface area contributed by atoms with E-state index in [4.69, 9.17) is 4.74 Å². The first-order valence-corrected chi connectivity index (χ1v) is 5.29. The van der Waals surface area contributed by atoms with Gasteiger partial charge < -0.3 is 4.74 Å².